The molecule has 0 aromatic heterocycles. The van der Waals surface area contributed by atoms with E-state index in [1.54, 1.807) is 0 Å². The molecule has 0 aliphatic carbocycles. The summed E-state index contributed by atoms with van der Waals surface area (Å²) in [6.45, 7) is 5.44. The van der Waals surface area contributed by atoms with Crippen molar-refractivity contribution in [3.8, 4) is 0 Å². The van der Waals surface area contributed by atoms with Crippen LogP contribution in [0.25, 0.3) is 0 Å². The van der Waals surface area contributed by atoms with Crippen LogP contribution in [0.15, 0.2) is 0 Å². The van der Waals surface area contributed by atoms with Crippen LogP contribution in [0.1, 0.15) is 19.8 Å². The van der Waals surface area contributed by atoms with Crippen LogP contribution in [0, 0.1) is 5.92 Å². The minimum atomic E-state index is -0.222. The number of halogens is 2. The summed E-state index contributed by atoms with van der Waals surface area (Å²) in [6, 6.07) is 0. The Hall–Kier alpha value is 0.540. The minimum absolute atomic E-state index is 0.222. The first-order valence-electron chi connectivity index (χ1n) is 4.19. The largest absolute Gasteiger partial charge is 0.300 e. The highest BCUT2D eigenvalue weighted by atomic mass is 35.5. The molecule has 0 N–H and O–H groups in total. The van der Waals surface area contributed by atoms with Crippen molar-refractivity contribution in [1.82, 2.24) is 4.90 Å². The molecule has 1 atom stereocenters. The number of hydrogen-bond acceptors (Lipinski definition) is 1. The third-order valence-electron chi connectivity index (χ3n) is 2.14. The van der Waals surface area contributed by atoms with E-state index < -0.39 is 0 Å². The van der Waals surface area contributed by atoms with Crippen LogP contribution in [-0.2, 0) is 0 Å². The summed E-state index contributed by atoms with van der Waals surface area (Å²) in [4.78, 5) is 2.12. The lowest BCUT2D eigenvalue weighted by atomic mass is 10.0. The average Bonchev–Trinajstić information content (AvgIpc) is 1.85. The van der Waals surface area contributed by atoms with Crippen molar-refractivity contribution in [3.63, 3.8) is 0 Å². The zero-order valence-electron chi connectivity index (χ0n) is 6.89. The second kappa shape index (κ2) is 4.54. The van der Waals surface area contributed by atoms with Crippen molar-refractivity contribution in [2.24, 2.45) is 5.92 Å². The van der Waals surface area contributed by atoms with E-state index in [2.05, 4.69) is 11.8 Å². The molecule has 0 amide bonds. The van der Waals surface area contributed by atoms with Crippen molar-refractivity contribution in [2.75, 3.05) is 19.6 Å². The maximum absolute atomic E-state index is 5.68. The molecule has 3 heteroatoms. The fraction of sp³-hybridized carbons (Fsp3) is 1.00. The highest BCUT2D eigenvalue weighted by Gasteiger charge is 2.17. The second-order valence-electron chi connectivity index (χ2n) is 3.40. The third-order valence-corrected chi connectivity index (χ3v) is 2.41. The van der Waals surface area contributed by atoms with Crippen LogP contribution in [0.3, 0.4) is 0 Å². The van der Waals surface area contributed by atoms with Gasteiger partial charge in [-0.2, -0.15) is 0 Å². The van der Waals surface area contributed by atoms with Crippen LogP contribution < -0.4 is 0 Å². The molecule has 1 rings (SSSR count). The molecule has 0 saturated carbocycles. The molecule has 0 aromatic rings. The monoisotopic (exact) mass is 195 g/mol. The second-order valence-corrected chi connectivity index (χ2v) is 4.68. The fourth-order valence-corrected chi connectivity index (χ4v) is 2.04. The van der Waals surface area contributed by atoms with Gasteiger partial charge in [-0.1, -0.05) is 6.92 Å². The van der Waals surface area contributed by atoms with Crippen LogP contribution in [0.5, 0.6) is 0 Å². The smallest absolute Gasteiger partial charge is 0.120 e. The summed E-state index contributed by atoms with van der Waals surface area (Å²) in [5, 5.41) is 0. The van der Waals surface area contributed by atoms with E-state index in [0.717, 1.165) is 19.0 Å². The molecule has 1 heterocycles. The Kier molecular flexibility index (Phi) is 3.97. The molecule has 1 unspecified atom stereocenters. The Morgan fingerprint density at radius 1 is 1.55 bits per heavy atom. The van der Waals surface area contributed by atoms with E-state index in [0.29, 0.717) is 0 Å². The van der Waals surface area contributed by atoms with Gasteiger partial charge in [-0.25, -0.2) is 0 Å². The van der Waals surface area contributed by atoms with Gasteiger partial charge in [0, 0.05) is 13.1 Å². The van der Waals surface area contributed by atoms with E-state index in [1.165, 1.54) is 19.4 Å². The van der Waals surface area contributed by atoms with Crippen LogP contribution in [-0.4, -0.2) is 29.4 Å². The SMILES string of the molecule is CC1CCCN(CC(Cl)Cl)C1. The highest BCUT2D eigenvalue weighted by Crippen LogP contribution is 2.17. The number of rotatable bonds is 2. The summed E-state index contributed by atoms with van der Waals surface area (Å²) >= 11 is 11.4. The molecule has 1 aliphatic heterocycles. The van der Waals surface area contributed by atoms with Gasteiger partial charge in [-0.3, -0.25) is 0 Å². The Morgan fingerprint density at radius 3 is 2.82 bits per heavy atom. The summed E-state index contributed by atoms with van der Waals surface area (Å²) < 4.78 is 0. The molecule has 1 saturated heterocycles. The zero-order chi connectivity index (χ0) is 8.27. The van der Waals surface area contributed by atoms with Crippen molar-refractivity contribution in [2.45, 2.75) is 24.6 Å². The normalized spacial score (nSPS) is 27.8. The molecular weight excluding hydrogens is 181 g/mol. The Morgan fingerprint density at radius 2 is 2.27 bits per heavy atom. The van der Waals surface area contributed by atoms with Crippen molar-refractivity contribution >= 4 is 23.2 Å². The lowest BCUT2D eigenvalue weighted by molar-refractivity contribution is 0.190. The van der Waals surface area contributed by atoms with E-state index in [-0.39, 0.29) is 4.84 Å². The molecule has 0 spiro atoms. The summed E-state index contributed by atoms with van der Waals surface area (Å²) in [7, 11) is 0. The molecule has 66 valence electrons. The highest BCUT2D eigenvalue weighted by molar-refractivity contribution is 6.44. The molecule has 1 nitrogen and oxygen atoms in total. The van der Waals surface area contributed by atoms with Gasteiger partial charge in [0.05, 0.1) is 0 Å². The van der Waals surface area contributed by atoms with E-state index in [4.69, 9.17) is 23.2 Å². The molecule has 11 heavy (non-hydrogen) atoms. The van der Waals surface area contributed by atoms with Gasteiger partial charge < -0.3 is 4.90 Å². The Labute approximate surface area is 78.7 Å². The summed E-state index contributed by atoms with van der Waals surface area (Å²) in [5.74, 6) is 0.816. The molecule has 0 bridgehead atoms. The lowest BCUT2D eigenvalue weighted by Gasteiger charge is -2.30. The van der Waals surface area contributed by atoms with Crippen molar-refractivity contribution < 1.29 is 0 Å². The summed E-state index contributed by atoms with van der Waals surface area (Å²) in [6.07, 6.45) is 2.65. The maximum atomic E-state index is 5.68. The van der Waals surface area contributed by atoms with Gasteiger partial charge in [-0.05, 0) is 25.3 Å². The van der Waals surface area contributed by atoms with Crippen molar-refractivity contribution in [3.05, 3.63) is 0 Å². The van der Waals surface area contributed by atoms with Gasteiger partial charge >= 0.3 is 0 Å². The van der Waals surface area contributed by atoms with E-state index in [9.17, 15) is 0 Å². The van der Waals surface area contributed by atoms with Gasteiger partial charge in [0.15, 0.2) is 0 Å². The fourth-order valence-electron chi connectivity index (χ4n) is 1.65. The zero-order valence-corrected chi connectivity index (χ0v) is 8.41. The van der Waals surface area contributed by atoms with Gasteiger partial charge in [0.2, 0.25) is 0 Å². The first-order valence-corrected chi connectivity index (χ1v) is 5.06. The number of likely N-dealkylation sites (tertiary alicyclic amines) is 1. The van der Waals surface area contributed by atoms with Crippen molar-refractivity contribution in [1.29, 1.82) is 0 Å². The number of piperidine rings is 1. The molecule has 0 aromatic carbocycles. The number of hydrogen-bond donors (Lipinski definition) is 0. The van der Waals surface area contributed by atoms with Gasteiger partial charge in [-0.15, -0.1) is 23.2 Å². The lowest BCUT2D eigenvalue weighted by Crippen LogP contribution is -2.36. The van der Waals surface area contributed by atoms with E-state index >= 15 is 0 Å². The molecule has 1 fully saturated rings. The Bertz CT molecular complexity index is 115. The van der Waals surface area contributed by atoms with Crippen LogP contribution in [0.2, 0.25) is 0 Å². The predicted octanol–water partition coefficient (Wildman–Crippen LogP) is 2.52. The number of nitrogens with zero attached hydrogens (tertiary/aromatic N) is 1. The van der Waals surface area contributed by atoms with Crippen LogP contribution in [0.4, 0.5) is 0 Å². The van der Waals surface area contributed by atoms with Gasteiger partial charge in [0.1, 0.15) is 4.84 Å². The topological polar surface area (TPSA) is 3.24 Å². The third kappa shape index (κ3) is 3.64. The quantitative estimate of drug-likeness (QED) is 0.613. The molecule has 0 radical (unpaired) electrons. The molecular formula is C8H15Cl2N. The summed E-state index contributed by atoms with van der Waals surface area (Å²) in [5.41, 5.74) is 0. The van der Waals surface area contributed by atoms with E-state index in [1.807, 2.05) is 0 Å². The van der Waals surface area contributed by atoms with Gasteiger partial charge in [0.25, 0.3) is 0 Å². The van der Waals surface area contributed by atoms with Crippen LogP contribution >= 0.6 is 23.2 Å². The minimum Gasteiger partial charge on any atom is -0.300 e. The average molecular weight is 196 g/mol. The first kappa shape index (κ1) is 9.63. The Balaban J connectivity index is 2.23. The predicted molar refractivity (Wildman–Crippen MR) is 50.3 cm³/mol. The molecule has 1 aliphatic rings. The number of alkyl halides is 2. The standard InChI is InChI=1S/C8H15Cl2N/c1-7-3-2-4-11(5-7)6-8(9)10/h7-8H,2-6H2,1H3. The first-order chi connectivity index (χ1) is 5.18. The maximum Gasteiger partial charge on any atom is 0.120 e.